The van der Waals surface area contributed by atoms with Gasteiger partial charge in [0.25, 0.3) is 5.91 Å². The number of carbonyl (C=O) groups is 2. The summed E-state index contributed by atoms with van der Waals surface area (Å²) in [6.07, 6.45) is 1.62. The predicted octanol–water partition coefficient (Wildman–Crippen LogP) is 4.37. The molecule has 0 aliphatic heterocycles. The van der Waals surface area contributed by atoms with Gasteiger partial charge in [-0.1, -0.05) is 35.3 Å². The monoisotopic (exact) mass is 438 g/mol. The highest BCUT2D eigenvalue weighted by Gasteiger charge is 2.17. The smallest absolute Gasteiger partial charge is 0.328 e. The van der Waals surface area contributed by atoms with Crippen molar-refractivity contribution in [3.05, 3.63) is 64.1 Å². The molecule has 1 atom stereocenters. The number of carbonyl (C=O) groups excluding carboxylic acids is 1. The van der Waals surface area contributed by atoms with Crippen LogP contribution in [-0.4, -0.2) is 28.2 Å². The summed E-state index contributed by atoms with van der Waals surface area (Å²) >= 11 is 17.0. The second kappa shape index (κ2) is 10.1. The maximum Gasteiger partial charge on any atom is 0.328 e. The molecule has 2 aromatic carbocycles. The second-order valence-corrected chi connectivity index (χ2v) is 6.83. The Hall–Kier alpha value is -2.61. The lowest BCUT2D eigenvalue weighted by Gasteiger charge is -2.16. The molecule has 1 amide bonds. The van der Waals surface area contributed by atoms with Crippen molar-refractivity contribution in [3.8, 4) is 5.75 Å². The zero-order valence-electron chi connectivity index (χ0n) is 14.6. The number of ether oxygens (including phenoxy) is 1. The van der Waals surface area contributed by atoms with Gasteiger partial charge in [-0.2, -0.15) is 0 Å². The van der Waals surface area contributed by atoms with E-state index in [-0.39, 0.29) is 5.11 Å². The van der Waals surface area contributed by atoms with Crippen LogP contribution in [0.4, 0.5) is 5.69 Å². The SMILES string of the molecule is CC(Oc1ccc(Cl)cc1Cl)C(=O)NC(=S)Nc1cccc(/C=C/C(=O)O)c1. The maximum absolute atomic E-state index is 12.3. The Balaban J connectivity index is 1.94. The average molecular weight is 439 g/mol. The van der Waals surface area contributed by atoms with E-state index in [4.69, 9.17) is 45.3 Å². The first kappa shape index (κ1) is 21.7. The molecule has 0 fully saturated rings. The Bertz CT molecular complexity index is 934. The number of thiocarbonyl (C=S) groups is 1. The molecule has 0 heterocycles. The summed E-state index contributed by atoms with van der Waals surface area (Å²) in [6.45, 7) is 1.56. The van der Waals surface area contributed by atoms with Crippen LogP contribution in [-0.2, 0) is 9.59 Å². The van der Waals surface area contributed by atoms with Gasteiger partial charge in [0.15, 0.2) is 11.2 Å². The van der Waals surface area contributed by atoms with Crippen LogP contribution in [0.25, 0.3) is 6.08 Å². The number of carboxylic acids is 1. The number of hydrogen-bond acceptors (Lipinski definition) is 4. The van der Waals surface area contributed by atoms with Crippen molar-refractivity contribution in [2.45, 2.75) is 13.0 Å². The van der Waals surface area contributed by atoms with Crippen LogP contribution < -0.4 is 15.4 Å². The van der Waals surface area contributed by atoms with Gasteiger partial charge in [0, 0.05) is 16.8 Å². The highest BCUT2D eigenvalue weighted by molar-refractivity contribution is 7.80. The minimum atomic E-state index is -1.05. The molecule has 0 aliphatic rings. The molecule has 0 aromatic heterocycles. The van der Waals surface area contributed by atoms with Crippen LogP contribution in [0.3, 0.4) is 0 Å². The lowest BCUT2D eigenvalue weighted by atomic mass is 10.2. The molecule has 0 saturated carbocycles. The summed E-state index contributed by atoms with van der Waals surface area (Å²) in [5.41, 5.74) is 1.25. The van der Waals surface area contributed by atoms with Crippen LogP contribution in [0.1, 0.15) is 12.5 Å². The largest absolute Gasteiger partial charge is 0.479 e. The molecule has 1 unspecified atom stereocenters. The third kappa shape index (κ3) is 6.84. The zero-order chi connectivity index (χ0) is 20.7. The number of carboxylic acid groups (broad SMARTS) is 1. The predicted molar refractivity (Wildman–Crippen MR) is 114 cm³/mol. The van der Waals surface area contributed by atoms with Crippen molar-refractivity contribution in [2.24, 2.45) is 0 Å². The lowest BCUT2D eigenvalue weighted by Crippen LogP contribution is -2.42. The molecular weight excluding hydrogens is 423 g/mol. The van der Waals surface area contributed by atoms with Gasteiger partial charge in [-0.3, -0.25) is 10.1 Å². The minimum Gasteiger partial charge on any atom is -0.479 e. The van der Waals surface area contributed by atoms with E-state index in [1.807, 2.05) is 0 Å². The van der Waals surface area contributed by atoms with E-state index in [0.29, 0.717) is 27.0 Å². The van der Waals surface area contributed by atoms with E-state index in [1.54, 1.807) is 43.3 Å². The fraction of sp³-hybridized carbons (Fsp3) is 0.105. The molecule has 2 aromatic rings. The fourth-order valence-corrected chi connectivity index (χ4v) is 2.75. The van der Waals surface area contributed by atoms with Crippen LogP contribution >= 0.6 is 35.4 Å². The molecule has 0 bridgehead atoms. The van der Waals surface area contributed by atoms with Gasteiger partial charge in [-0.15, -0.1) is 0 Å². The topological polar surface area (TPSA) is 87.7 Å². The van der Waals surface area contributed by atoms with E-state index in [9.17, 15) is 9.59 Å². The minimum absolute atomic E-state index is 0.0713. The zero-order valence-corrected chi connectivity index (χ0v) is 16.9. The van der Waals surface area contributed by atoms with Crippen molar-refractivity contribution in [2.75, 3.05) is 5.32 Å². The maximum atomic E-state index is 12.3. The number of nitrogens with one attached hydrogen (secondary N) is 2. The number of rotatable bonds is 6. The van der Waals surface area contributed by atoms with Crippen molar-refractivity contribution in [3.63, 3.8) is 0 Å². The Labute approximate surface area is 177 Å². The second-order valence-electron chi connectivity index (χ2n) is 5.58. The van der Waals surface area contributed by atoms with Crippen molar-refractivity contribution < 1.29 is 19.4 Å². The first-order chi connectivity index (χ1) is 13.2. The summed E-state index contributed by atoms with van der Waals surface area (Å²) in [7, 11) is 0. The van der Waals surface area contributed by atoms with Crippen LogP contribution in [0.5, 0.6) is 5.75 Å². The lowest BCUT2D eigenvalue weighted by molar-refractivity contribution is -0.131. The van der Waals surface area contributed by atoms with Crippen LogP contribution in [0, 0.1) is 0 Å². The third-order valence-electron chi connectivity index (χ3n) is 3.37. The van der Waals surface area contributed by atoms with Crippen molar-refractivity contribution >= 4 is 64.2 Å². The molecular formula is C19H16Cl2N2O4S. The molecule has 0 spiro atoms. The first-order valence-electron chi connectivity index (χ1n) is 7.99. The van der Waals surface area contributed by atoms with Crippen molar-refractivity contribution in [1.82, 2.24) is 5.32 Å². The van der Waals surface area contributed by atoms with E-state index in [1.165, 1.54) is 12.1 Å². The summed E-state index contributed by atoms with van der Waals surface area (Å²) in [5.74, 6) is -1.19. The molecule has 146 valence electrons. The number of hydrogen-bond donors (Lipinski definition) is 3. The molecule has 28 heavy (non-hydrogen) atoms. The number of anilines is 1. The molecule has 0 saturated heterocycles. The van der Waals surface area contributed by atoms with E-state index < -0.39 is 18.0 Å². The number of halogens is 2. The van der Waals surface area contributed by atoms with Gasteiger partial charge < -0.3 is 15.2 Å². The van der Waals surface area contributed by atoms with E-state index >= 15 is 0 Å². The van der Waals surface area contributed by atoms with Gasteiger partial charge >= 0.3 is 5.97 Å². The van der Waals surface area contributed by atoms with Gasteiger partial charge in [0.2, 0.25) is 0 Å². The normalized spacial score (nSPS) is 11.7. The summed E-state index contributed by atoms with van der Waals surface area (Å²) in [4.78, 5) is 22.9. The molecule has 0 radical (unpaired) electrons. The number of benzene rings is 2. The Kier molecular flexibility index (Phi) is 7.80. The standard InChI is InChI=1S/C19H16Cl2N2O4S/c1-11(27-16-7-6-13(20)10-15(16)21)18(26)23-19(28)22-14-4-2-3-12(9-14)5-8-17(24)25/h2-11H,1H3,(H,24,25)(H2,22,23,26,28)/b8-5+. The first-order valence-corrected chi connectivity index (χ1v) is 9.15. The van der Waals surface area contributed by atoms with Gasteiger partial charge in [0.1, 0.15) is 5.75 Å². The Morgan fingerprint density at radius 3 is 2.64 bits per heavy atom. The Morgan fingerprint density at radius 1 is 1.21 bits per heavy atom. The number of amides is 1. The van der Waals surface area contributed by atoms with Gasteiger partial charge in [-0.25, -0.2) is 4.79 Å². The molecule has 2 rings (SSSR count). The Morgan fingerprint density at radius 2 is 1.96 bits per heavy atom. The van der Waals surface area contributed by atoms with Gasteiger partial charge in [0.05, 0.1) is 5.02 Å². The highest BCUT2D eigenvalue weighted by Crippen LogP contribution is 2.28. The fourth-order valence-electron chi connectivity index (χ4n) is 2.08. The summed E-state index contributed by atoms with van der Waals surface area (Å²) in [6, 6.07) is 11.6. The summed E-state index contributed by atoms with van der Waals surface area (Å²) in [5, 5.41) is 14.9. The molecule has 3 N–H and O–H groups in total. The van der Waals surface area contributed by atoms with Crippen LogP contribution in [0.2, 0.25) is 10.0 Å². The quantitative estimate of drug-likeness (QED) is 0.458. The molecule has 9 heteroatoms. The van der Waals surface area contributed by atoms with Crippen LogP contribution in [0.15, 0.2) is 48.5 Å². The van der Waals surface area contributed by atoms with E-state index in [0.717, 1.165) is 6.08 Å². The number of aliphatic carboxylic acids is 1. The van der Waals surface area contributed by atoms with Crippen molar-refractivity contribution in [1.29, 1.82) is 0 Å². The molecule has 6 nitrogen and oxygen atoms in total. The third-order valence-corrected chi connectivity index (χ3v) is 4.10. The highest BCUT2D eigenvalue weighted by atomic mass is 35.5. The molecule has 0 aliphatic carbocycles. The summed E-state index contributed by atoms with van der Waals surface area (Å²) < 4.78 is 5.53. The van der Waals surface area contributed by atoms with E-state index in [2.05, 4.69) is 10.6 Å². The average Bonchev–Trinajstić information content (AvgIpc) is 2.62. The van der Waals surface area contributed by atoms with Gasteiger partial charge in [-0.05, 0) is 61.1 Å².